The molecule has 1 atom stereocenters. The largest absolute Gasteiger partial charge is 0.306 e. The highest BCUT2D eigenvalue weighted by molar-refractivity contribution is 6.88. The first-order chi connectivity index (χ1) is 9.47. The second-order valence-corrected chi connectivity index (χ2v) is 11.5. The van der Waals surface area contributed by atoms with E-state index >= 15 is 0 Å². The van der Waals surface area contributed by atoms with Crippen LogP contribution in [0.1, 0.15) is 24.1 Å². The van der Waals surface area contributed by atoms with E-state index in [1.54, 1.807) is 0 Å². The summed E-state index contributed by atoms with van der Waals surface area (Å²) in [5, 5.41) is 5.11. The van der Waals surface area contributed by atoms with E-state index in [-0.39, 0.29) is 0 Å². The highest BCUT2D eigenvalue weighted by atomic mass is 28.3. The van der Waals surface area contributed by atoms with E-state index in [9.17, 15) is 0 Å². The second kappa shape index (κ2) is 6.38. The van der Waals surface area contributed by atoms with Gasteiger partial charge in [-0.25, -0.2) is 0 Å². The van der Waals surface area contributed by atoms with Crippen LogP contribution < -0.4 is 10.5 Å². The molecule has 106 valence electrons. The molecule has 0 radical (unpaired) electrons. The van der Waals surface area contributed by atoms with E-state index < -0.39 is 8.07 Å². The first-order valence-electron chi connectivity index (χ1n) is 7.34. The SMILES string of the molecule is C[C@H](NCc1ccc([Si](C)(C)C)cc1)c1ccccc1. The molecule has 0 amide bonds. The average molecular weight is 283 g/mol. The Morgan fingerprint density at radius 1 is 0.900 bits per heavy atom. The molecule has 0 bridgehead atoms. The van der Waals surface area contributed by atoms with Crippen LogP contribution >= 0.6 is 0 Å². The molecular formula is C18H25NSi. The summed E-state index contributed by atoms with van der Waals surface area (Å²) in [5.74, 6) is 0. The fraction of sp³-hybridized carbons (Fsp3) is 0.333. The highest BCUT2D eigenvalue weighted by Gasteiger charge is 2.15. The summed E-state index contributed by atoms with van der Waals surface area (Å²) in [6.45, 7) is 10.3. The molecule has 2 heteroatoms. The van der Waals surface area contributed by atoms with Crippen LogP contribution in [0.5, 0.6) is 0 Å². The van der Waals surface area contributed by atoms with Gasteiger partial charge in [-0.3, -0.25) is 0 Å². The molecule has 0 heterocycles. The molecule has 1 nitrogen and oxygen atoms in total. The summed E-state index contributed by atoms with van der Waals surface area (Å²) < 4.78 is 0. The molecule has 0 aliphatic rings. The topological polar surface area (TPSA) is 12.0 Å². The van der Waals surface area contributed by atoms with Gasteiger partial charge >= 0.3 is 0 Å². The van der Waals surface area contributed by atoms with E-state index in [1.807, 2.05) is 0 Å². The molecule has 0 spiro atoms. The zero-order chi connectivity index (χ0) is 14.6. The first-order valence-corrected chi connectivity index (χ1v) is 10.8. The molecule has 0 unspecified atom stereocenters. The van der Waals surface area contributed by atoms with Gasteiger partial charge < -0.3 is 5.32 Å². The Kier molecular flexibility index (Phi) is 4.79. The van der Waals surface area contributed by atoms with Gasteiger partial charge in [0.25, 0.3) is 0 Å². The quantitative estimate of drug-likeness (QED) is 0.815. The summed E-state index contributed by atoms with van der Waals surface area (Å²) in [4.78, 5) is 0. The van der Waals surface area contributed by atoms with Crippen LogP contribution in [0.25, 0.3) is 0 Å². The predicted octanol–water partition coefficient (Wildman–Crippen LogP) is 4.08. The third kappa shape index (κ3) is 4.05. The number of rotatable bonds is 5. The van der Waals surface area contributed by atoms with Crippen molar-refractivity contribution in [2.45, 2.75) is 39.2 Å². The van der Waals surface area contributed by atoms with Crippen molar-refractivity contribution in [3.8, 4) is 0 Å². The first kappa shape index (κ1) is 15.0. The van der Waals surface area contributed by atoms with Crippen LogP contribution in [0, 0.1) is 0 Å². The molecule has 2 aromatic rings. The minimum absolute atomic E-state index is 0.382. The third-order valence-electron chi connectivity index (χ3n) is 3.73. The highest BCUT2D eigenvalue weighted by Crippen LogP contribution is 2.12. The van der Waals surface area contributed by atoms with Crippen LogP contribution in [0.4, 0.5) is 0 Å². The Hall–Kier alpha value is -1.38. The minimum atomic E-state index is -1.17. The van der Waals surface area contributed by atoms with Gasteiger partial charge in [-0.1, -0.05) is 79.4 Å². The molecule has 0 saturated heterocycles. The van der Waals surface area contributed by atoms with Crippen LogP contribution in [0.3, 0.4) is 0 Å². The van der Waals surface area contributed by atoms with Crippen molar-refractivity contribution in [2.24, 2.45) is 0 Å². The van der Waals surface area contributed by atoms with Gasteiger partial charge in [0.1, 0.15) is 0 Å². The lowest BCUT2D eigenvalue weighted by atomic mass is 10.1. The van der Waals surface area contributed by atoms with Gasteiger partial charge in [-0.05, 0) is 18.1 Å². The zero-order valence-corrected chi connectivity index (χ0v) is 14.0. The lowest BCUT2D eigenvalue weighted by Gasteiger charge is -2.18. The Morgan fingerprint density at radius 2 is 1.50 bits per heavy atom. The summed E-state index contributed by atoms with van der Waals surface area (Å²) in [6, 6.07) is 20.1. The molecule has 2 aromatic carbocycles. The fourth-order valence-electron chi connectivity index (χ4n) is 2.25. The van der Waals surface area contributed by atoms with Crippen molar-refractivity contribution < 1.29 is 0 Å². The molecule has 2 rings (SSSR count). The maximum absolute atomic E-state index is 3.58. The lowest BCUT2D eigenvalue weighted by molar-refractivity contribution is 0.575. The minimum Gasteiger partial charge on any atom is -0.306 e. The molecule has 1 N–H and O–H groups in total. The summed E-state index contributed by atoms with van der Waals surface area (Å²) in [6.07, 6.45) is 0. The number of hydrogen-bond donors (Lipinski definition) is 1. The number of benzene rings is 2. The lowest BCUT2D eigenvalue weighted by Crippen LogP contribution is -2.37. The Labute approximate surface area is 124 Å². The third-order valence-corrected chi connectivity index (χ3v) is 5.80. The fourth-order valence-corrected chi connectivity index (χ4v) is 3.42. The molecule has 0 saturated carbocycles. The van der Waals surface area contributed by atoms with Gasteiger partial charge in [-0.2, -0.15) is 0 Å². The van der Waals surface area contributed by atoms with Crippen molar-refractivity contribution in [3.63, 3.8) is 0 Å². The van der Waals surface area contributed by atoms with Crippen LogP contribution in [0.15, 0.2) is 54.6 Å². The van der Waals surface area contributed by atoms with Gasteiger partial charge in [0, 0.05) is 12.6 Å². The summed E-state index contributed by atoms with van der Waals surface area (Å²) in [5.41, 5.74) is 2.70. The molecule has 20 heavy (non-hydrogen) atoms. The van der Waals surface area contributed by atoms with E-state index in [2.05, 4.69) is 86.5 Å². The summed E-state index contributed by atoms with van der Waals surface area (Å²) >= 11 is 0. The second-order valence-electron chi connectivity index (χ2n) is 6.46. The maximum Gasteiger partial charge on any atom is 0.0775 e. The van der Waals surface area contributed by atoms with Crippen LogP contribution in [-0.2, 0) is 6.54 Å². The average Bonchev–Trinajstić information content (AvgIpc) is 2.45. The Bertz CT molecular complexity index is 526. The van der Waals surface area contributed by atoms with E-state index in [4.69, 9.17) is 0 Å². The zero-order valence-electron chi connectivity index (χ0n) is 13.0. The predicted molar refractivity (Wildman–Crippen MR) is 91.1 cm³/mol. The van der Waals surface area contributed by atoms with Crippen molar-refractivity contribution in [3.05, 3.63) is 65.7 Å². The normalized spacial score (nSPS) is 13.2. The van der Waals surface area contributed by atoms with E-state index in [1.165, 1.54) is 16.3 Å². The van der Waals surface area contributed by atoms with Crippen LogP contribution in [-0.4, -0.2) is 8.07 Å². The van der Waals surface area contributed by atoms with Gasteiger partial charge in [0.2, 0.25) is 0 Å². The van der Waals surface area contributed by atoms with Crippen molar-refractivity contribution in [1.29, 1.82) is 0 Å². The van der Waals surface area contributed by atoms with Crippen molar-refractivity contribution in [2.75, 3.05) is 0 Å². The van der Waals surface area contributed by atoms with Gasteiger partial charge in [0.15, 0.2) is 0 Å². The molecule has 0 aromatic heterocycles. The van der Waals surface area contributed by atoms with Gasteiger partial charge in [0.05, 0.1) is 8.07 Å². The van der Waals surface area contributed by atoms with Gasteiger partial charge in [-0.15, -0.1) is 0 Å². The smallest absolute Gasteiger partial charge is 0.0775 e. The standard InChI is InChI=1S/C18H25NSi/c1-15(17-8-6-5-7-9-17)19-14-16-10-12-18(13-11-16)20(2,3)4/h5-13,15,19H,14H2,1-4H3/t15-/m0/s1. The van der Waals surface area contributed by atoms with Crippen molar-refractivity contribution >= 4 is 13.3 Å². The Morgan fingerprint density at radius 3 is 2.05 bits per heavy atom. The van der Waals surface area contributed by atoms with Crippen LogP contribution in [0.2, 0.25) is 19.6 Å². The molecular weight excluding hydrogens is 258 g/mol. The number of hydrogen-bond acceptors (Lipinski definition) is 1. The van der Waals surface area contributed by atoms with E-state index in [0.717, 1.165) is 6.54 Å². The maximum atomic E-state index is 3.58. The van der Waals surface area contributed by atoms with Crippen molar-refractivity contribution in [1.82, 2.24) is 5.32 Å². The molecule has 0 aliphatic carbocycles. The Balaban J connectivity index is 1.94. The molecule has 0 fully saturated rings. The molecule has 0 aliphatic heterocycles. The number of nitrogens with one attached hydrogen (secondary N) is 1. The summed E-state index contributed by atoms with van der Waals surface area (Å²) in [7, 11) is -1.17. The monoisotopic (exact) mass is 283 g/mol. The van der Waals surface area contributed by atoms with E-state index in [0.29, 0.717) is 6.04 Å².